The first kappa shape index (κ1) is 12.4. The highest BCUT2D eigenvalue weighted by Gasteiger charge is 2.25. The predicted molar refractivity (Wildman–Crippen MR) is 72.7 cm³/mol. The van der Waals surface area contributed by atoms with Gasteiger partial charge in [0, 0.05) is 25.3 Å². The Morgan fingerprint density at radius 2 is 2.10 bits per heavy atom. The SMILES string of the molecule is CN1C(=O)Cc2cc(-c3c(C(=O)O)cnn3C)ccc21. The molecule has 0 fully saturated rings. The Morgan fingerprint density at radius 3 is 2.80 bits per heavy atom. The van der Waals surface area contributed by atoms with Gasteiger partial charge in [0.25, 0.3) is 0 Å². The van der Waals surface area contributed by atoms with Crippen LogP contribution in [0.1, 0.15) is 15.9 Å². The first-order valence-corrected chi connectivity index (χ1v) is 6.14. The normalized spacial score (nSPS) is 13.7. The van der Waals surface area contributed by atoms with Crippen molar-refractivity contribution in [3.63, 3.8) is 0 Å². The smallest absolute Gasteiger partial charge is 0.339 e. The van der Waals surface area contributed by atoms with Crippen LogP contribution in [0.25, 0.3) is 11.3 Å². The first-order chi connectivity index (χ1) is 9.49. The highest BCUT2D eigenvalue weighted by atomic mass is 16.4. The second-order valence-corrected chi connectivity index (χ2v) is 4.81. The summed E-state index contributed by atoms with van der Waals surface area (Å²) in [5.74, 6) is -0.970. The Hall–Kier alpha value is -2.63. The monoisotopic (exact) mass is 271 g/mol. The number of nitrogens with zero attached hydrogens (tertiary/aromatic N) is 3. The van der Waals surface area contributed by atoms with Gasteiger partial charge in [-0.15, -0.1) is 0 Å². The molecule has 102 valence electrons. The van der Waals surface area contributed by atoms with Gasteiger partial charge >= 0.3 is 5.97 Å². The van der Waals surface area contributed by atoms with Crippen molar-refractivity contribution in [2.45, 2.75) is 6.42 Å². The molecule has 1 amide bonds. The van der Waals surface area contributed by atoms with E-state index in [-0.39, 0.29) is 11.5 Å². The van der Waals surface area contributed by atoms with Gasteiger partial charge in [-0.2, -0.15) is 5.10 Å². The number of hydrogen-bond donors (Lipinski definition) is 1. The molecule has 0 radical (unpaired) electrons. The number of carbonyl (C=O) groups excluding carboxylic acids is 1. The predicted octanol–water partition coefficient (Wildman–Crippen LogP) is 1.30. The number of rotatable bonds is 2. The number of aryl methyl sites for hydroxylation is 1. The van der Waals surface area contributed by atoms with Gasteiger partial charge in [0.2, 0.25) is 5.91 Å². The third kappa shape index (κ3) is 1.69. The summed E-state index contributed by atoms with van der Waals surface area (Å²) in [6, 6.07) is 5.52. The number of carboxylic acids is 1. The Morgan fingerprint density at radius 1 is 1.35 bits per heavy atom. The summed E-state index contributed by atoms with van der Waals surface area (Å²) < 4.78 is 1.53. The van der Waals surface area contributed by atoms with E-state index in [0.29, 0.717) is 12.1 Å². The van der Waals surface area contributed by atoms with Crippen LogP contribution in [0, 0.1) is 0 Å². The molecule has 0 saturated carbocycles. The van der Waals surface area contributed by atoms with Crippen molar-refractivity contribution in [1.82, 2.24) is 9.78 Å². The highest BCUT2D eigenvalue weighted by Crippen LogP contribution is 2.33. The van der Waals surface area contributed by atoms with Crippen LogP contribution in [0.2, 0.25) is 0 Å². The minimum Gasteiger partial charge on any atom is -0.478 e. The molecule has 20 heavy (non-hydrogen) atoms. The van der Waals surface area contributed by atoms with Crippen molar-refractivity contribution < 1.29 is 14.7 Å². The van der Waals surface area contributed by atoms with Crippen molar-refractivity contribution in [3.05, 3.63) is 35.5 Å². The fourth-order valence-corrected chi connectivity index (χ4v) is 2.55. The number of benzene rings is 1. The zero-order valence-corrected chi connectivity index (χ0v) is 11.1. The van der Waals surface area contributed by atoms with Crippen molar-refractivity contribution >= 4 is 17.6 Å². The molecule has 2 heterocycles. The van der Waals surface area contributed by atoms with Crippen LogP contribution in [0.3, 0.4) is 0 Å². The third-order valence-electron chi connectivity index (χ3n) is 3.60. The molecule has 2 aromatic rings. The molecule has 1 aromatic carbocycles. The van der Waals surface area contributed by atoms with Crippen LogP contribution in [0.4, 0.5) is 5.69 Å². The topological polar surface area (TPSA) is 75.4 Å². The fourth-order valence-electron chi connectivity index (χ4n) is 2.55. The van der Waals surface area contributed by atoms with Crippen LogP contribution >= 0.6 is 0 Å². The lowest BCUT2D eigenvalue weighted by atomic mass is 10.0. The number of hydrogen-bond acceptors (Lipinski definition) is 3. The summed E-state index contributed by atoms with van der Waals surface area (Å²) >= 11 is 0. The second-order valence-electron chi connectivity index (χ2n) is 4.81. The molecule has 0 spiro atoms. The number of carboxylic acid groups (broad SMARTS) is 1. The molecule has 1 N–H and O–H groups in total. The molecule has 0 saturated heterocycles. The van der Waals surface area contributed by atoms with E-state index in [1.54, 1.807) is 19.0 Å². The number of aromatic carboxylic acids is 1. The van der Waals surface area contributed by atoms with E-state index >= 15 is 0 Å². The average Bonchev–Trinajstić information content (AvgIpc) is 2.91. The summed E-state index contributed by atoms with van der Waals surface area (Å²) in [4.78, 5) is 24.5. The summed E-state index contributed by atoms with van der Waals surface area (Å²) in [5, 5.41) is 13.2. The lowest BCUT2D eigenvalue weighted by molar-refractivity contribution is -0.117. The van der Waals surface area contributed by atoms with Gasteiger partial charge in [-0.1, -0.05) is 6.07 Å². The maximum atomic E-state index is 11.7. The summed E-state index contributed by atoms with van der Waals surface area (Å²) in [6.45, 7) is 0. The van der Waals surface area contributed by atoms with Crippen molar-refractivity contribution in [2.75, 3.05) is 11.9 Å². The van der Waals surface area contributed by atoms with Crippen LogP contribution in [0.15, 0.2) is 24.4 Å². The van der Waals surface area contributed by atoms with E-state index in [1.165, 1.54) is 10.9 Å². The number of likely N-dealkylation sites (N-methyl/N-ethyl adjacent to an activating group) is 1. The Kier molecular flexibility index (Phi) is 2.60. The summed E-state index contributed by atoms with van der Waals surface area (Å²) in [7, 11) is 3.44. The summed E-state index contributed by atoms with van der Waals surface area (Å²) in [5.41, 5.74) is 3.24. The molecular weight excluding hydrogens is 258 g/mol. The van der Waals surface area contributed by atoms with E-state index < -0.39 is 5.97 Å². The molecule has 1 aromatic heterocycles. The first-order valence-electron chi connectivity index (χ1n) is 6.14. The molecule has 0 aliphatic carbocycles. The highest BCUT2D eigenvalue weighted by molar-refractivity contribution is 6.02. The van der Waals surface area contributed by atoms with Crippen molar-refractivity contribution in [2.24, 2.45) is 7.05 Å². The Bertz CT molecular complexity index is 733. The fraction of sp³-hybridized carbons (Fsp3) is 0.214. The number of amides is 1. The van der Waals surface area contributed by atoms with Gasteiger partial charge in [-0.3, -0.25) is 9.48 Å². The second kappa shape index (κ2) is 4.19. The van der Waals surface area contributed by atoms with Gasteiger partial charge in [-0.05, 0) is 17.7 Å². The van der Waals surface area contributed by atoms with E-state index in [1.807, 2.05) is 18.2 Å². The maximum Gasteiger partial charge on any atom is 0.339 e. The van der Waals surface area contributed by atoms with E-state index in [4.69, 9.17) is 0 Å². The number of anilines is 1. The molecule has 6 heteroatoms. The molecule has 0 bridgehead atoms. The molecule has 3 rings (SSSR count). The number of aromatic nitrogens is 2. The molecular formula is C14H13N3O3. The summed E-state index contributed by atoms with van der Waals surface area (Å²) in [6.07, 6.45) is 1.68. The molecule has 1 aliphatic heterocycles. The molecule has 1 aliphatic rings. The molecule has 0 atom stereocenters. The number of carbonyl (C=O) groups is 2. The van der Waals surface area contributed by atoms with E-state index in [2.05, 4.69) is 5.10 Å². The van der Waals surface area contributed by atoms with Crippen LogP contribution in [0.5, 0.6) is 0 Å². The maximum absolute atomic E-state index is 11.7. The standard InChI is InChI=1S/C14H13N3O3/c1-16-11-4-3-8(5-9(11)6-12(16)18)13-10(14(19)20)7-15-17(13)2/h3-5,7H,6H2,1-2H3,(H,19,20). The number of fused-ring (bicyclic) bond motifs is 1. The van der Waals surface area contributed by atoms with Gasteiger partial charge in [0.1, 0.15) is 5.56 Å². The van der Waals surface area contributed by atoms with Gasteiger partial charge in [-0.25, -0.2) is 4.79 Å². The largest absolute Gasteiger partial charge is 0.478 e. The van der Waals surface area contributed by atoms with Crippen LogP contribution in [-0.2, 0) is 18.3 Å². The quantitative estimate of drug-likeness (QED) is 0.893. The molecule has 0 unspecified atom stereocenters. The zero-order valence-electron chi connectivity index (χ0n) is 11.1. The van der Waals surface area contributed by atoms with Gasteiger partial charge < -0.3 is 10.0 Å². The van der Waals surface area contributed by atoms with Crippen LogP contribution in [-0.4, -0.2) is 33.8 Å². The lowest BCUT2D eigenvalue weighted by Crippen LogP contribution is -2.20. The van der Waals surface area contributed by atoms with Gasteiger partial charge in [0.05, 0.1) is 18.3 Å². The zero-order chi connectivity index (χ0) is 14.4. The minimum atomic E-state index is -1.01. The Balaban J connectivity index is 2.14. The molecule has 6 nitrogen and oxygen atoms in total. The van der Waals surface area contributed by atoms with Crippen molar-refractivity contribution in [3.8, 4) is 11.3 Å². The van der Waals surface area contributed by atoms with E-state index in [9.17, 15) is 14.7 Å². The Labute approximate surface area is 115 Å². The third-order valence-corrected chi connectivity index (χ3v) is 3.60. The van der Waals surface area contributed by atoms with E-state index in [0.717, 1.165) is 16.8 Å². The average molecular weight is 271 g/mol. The van der Waals surface area contributed by atoms with Crippen molar-refractivity contribution in [1.29, 1.82) is 0 Å². The lowest BCUT2D eigenvalue weighted by Gasteiger charge is -2.11. The minimum absolute atomic E-state index is 0.0422. The van der Waals surface area contributed by atoms with Crippen LogP contribution < -0.4 is 4.90 Å². The van der Waals surface area contributed by atoms with Gasteiger partial charge in [0.15, 0.2) is 0 Å².